The fraction of sp³-hybridized carbons (Fsp3) is 0. The number of nitrogens with zero attached hydrogens (tertiary/aromatic N) is 1. The van der Waals surface area contributed by atoms with Crippen LogP contribution in [0.2, 0.25) is 10.0 Å². The third kappa shape index (κ3) is 2.16. The van der Waals surface area contributed by atoms with Crippen LogP contribution in [0.3, 0.4) is 0 Å². The van der Waals surface area contributed by atoms with Crippen molar-refractivity contribution in [2.75, 3.05) is 0 Å². The summed E-state index contributed by atoms with van der Waals surface area (Å²) in [5.74, 6) is 0. The lowest BCUT2D eigenvalue weighted by atomic mass is 10.2. The summed E-state index contributed by atoms with van der Waals surface area (Å²) >= 11 is 11.2. The molecule has 0 heterocycles. The van der Waals surface area contributed by atoms with Gasteiger partial charge in [-0.15, -0.1) is 0 Å². The lowest BCUT2D eigenvalue weighted by molar-refractivity contribution is 0.597. The van der Waals surface area contributed by atoms with E-state index in [9.17, 15) is 8.42 Å². The standard InChI is InChI=1S/C7H4Cl2N2O2S/c8-4-1-6(9)5(3-10)7(2-4)14(11,12)13/h1-2H,(H2,11,12,13). The first-order chi connectivity index (χ1) is 6.36. The Balaban J connectivity index is 3.68. The molecule has 1 aromatic rings. The van der Waals surface area contributed by atoms with E-state index >= 15 is 0 Å². The van der Waals surface area contributed by atoms with E-state index in [2.05, 4.69) is 0 Å². The first-order valence-corrected chi connectivity index (χ1v) is 5.58. The second kappa shape index (κ2) is 3.75. The summed E-state index contributed by atoms with van der Waals surface area (Å²) in [6, 6.07) is 4.01. The Kier molecular flexibility index (Phi) is 3.02. The van der Waals surface area contributed by atoms with Gasteiger partial charge in [0, 0.05) is 5.02 Å². The molecule has 0 atom stereocenters. The largest absolute Gasteiger partial charge is 0.239 e. The van der Waals surface area contributed by atoms with Gasteiger partial charge in [0.1, 0.15) is 11.0 Å². The van der Waals surface area contributed by atoms with E-state index in [4.69, 9.17) is 33.6 Å². The number of hydrogen-bond acceptors (Lipinski definition) is 3. The van der Waals surface area contributed by atoms with Crippen LogP contribution in [0.1, 0.15) is 5.56 Å². The quantitative estimate of drug-likeness (QED) is 0.820. The summed E-state index contributed by atoms with van der Waals surface area (Å²) in [6.45, 7) is 0. The molecule has 2 N–H and O–H groups in total. The van der Waals surface area contributed by atoms with Gasteiger partial charge in [-0.25, -0.2) is 13.6 Å². The number of nitriles is 1. The molecule has 0 aliphatic carbocycles. The molecule has 0 aliphatic rings. The summed E-state index contributed by atoms with van der Waals surface area (Å²) < 4.78 is 22.1. The normalized spacial score (nSPS) is 11.0. The Bertz CT molecular complexity index is 519. The molecule has 1 rings (SSSR count). The average molecular weight is 251 g/mol. The lowest BCUT2D eigenvalue weighted by Gasteiger charge is -2.03. The van der Waals surface area contributed by atoms with Gasteiger partial charge in [-0.3, -0.25) is 0 Å². The van der Waals surface area contributed by atoms with Crippen LogP contribution in [0.4, 0.5) is 0 Å². The molecule has 0 radical (unpaired) electrons. The first kappa shape index (κ1) is 11.3. The number of nitrogens with two attached hydrogens (primary N) is 1. The van der Waals surface area contributed by atoms with Crippen molar-refractivity contribution in [1.82, 2.24) is 0 Å². The van der Waals surface area contributed by atoms with Crippen LogP contribution in [0, 0.1) is 11.3 Å². The predicted molar refractivity (Wildman–Crippen MR) is 52.6 cm³/mol. The fourth-order valence-electron chi connectivity index (χ4n) is 0.883. The van der Waals surface area contributed by atoms with Crippen molar-refractivity contribution in [3.05, 3.63) is 27.7 Å². The first-order valence-electron chi connectivity index (χ1n) is 3.28. The minimum atomic E-state index is -3.98. The summed E-state index contributed by atoms with van der Waals surface area (Å²) in [7, 11) is -3.98. The number of primary sulfonamides is 1. The van der Waals surface area contributed by atoms with Gasteiger partial charge in [-0.2, -0.15) is 5.26 Å². The van der Waals surface area contributed by atoms with Gasteiger partial charge in [-0.05, 0) is 12.1 Å². The van der Waals surface area contributed by atoms with Gasteiger partial charge in [0.05, 0.1) is 10.6 Å². The smallest absolute Gasteiger partial charge is 0.225 e. The van der Waals surface area contributed by atoms with Gasteiger partial charge in [0.2, 0.25) is 10.0 Å². The molecule has 0 amide bonds. The molecule has 0 aromatic heterocycles. The fourth-order valence-corrected chi connectivity index (χ4v) is 2.27. The van der Waals surface area contributed by atoms with E-state index in [0.29, 0.717) is 0 Å². The van der Waals surface area contributed by atoms with Crippen molar-refractivity contribution < 1.29 is 8.42 Å². The van der Waals surface area contributed by atoms with E-state index < -0.39 is 10.0 Å². The molecule has 0 bridgehead atoms. The topological polar surface area (TPSA) is 83.9 Å². The molecule has 0 unspecified atom stereocenters. The summed E-state index contributed by atoms with van der Waals surface area (Å²) in [5, 5.41) is 13.6. The minimum Gasteiger partial charge on any atom is -0.225 e. The van der Waals surface area contributed by atoms with Crippen LogP contribution < -0.4 is 5.14 Å². The van der Waals surface area contributed by atoms with Crippen LogP contribution in [0.15, 0.2) is 17.0 Å². The zero-order valence-corrected chi connectivity index (χ0v) is 8.99. The van der Waals surface area contributed by atoms with Crippen LogP contribution >= 0.6 is 23.2 Å². The summed E-state index contributed by atoms with van der Waals surface area (Å²) in [6.07, 6.45) is 0. The van der Waals surface area contributed by atoms with Crippen LogP contribution in [-0.4, -0.2) is 8.42 Å². The third-order valence-corrected chi connectivity index (χ3v) is 2.89. The summed E-state index contributed by atoms with van der Waals surface area (Å²) in [5.41, 5.74) is -0.196. The number of halogens is 2. The predicted octanol–water partition coefficient (Wildman–Crippen LogP) is 1.51. The molecule has 14 heavy (non-hydrogen) atoms. The van der Waals surface area contributed by atoms with E-state index in [-0.39, 0.29) is 20.5 Å². The van der Waals surface area contributed by atoms with E-state index in [1.165, 1.54) is 6.07 Å². The SMILES string of the molecule is N#Cc1c(Cl)cc(Cl)cc1S(N)(=O)=O. The minimum absolute atomic E-state index is 0.0379. The Labute approximate surface area is 90.9 Å². The molecule has 0 spiro atoms. The van der Waals surface area contributed by atoms with Gasteiger partial charge < -0.3 is 0 Å². The second-order valence-corrected chi connectivity index (χ2v) is 4.79. The maximum atomic E-state index is 11.0. The van der Waals surface area contributed by atoms with Crippen molar-refractivity contribution in [3.63, 3.8) is 0 Å². The third-order valence-electron chi connectivity index (χ3n) is 1.44. The van der Waals surface area contributed by atoms with Crippen molar-refractivity contribution in [1.29, 1.82) is 5.26 Å². The van der Waals surface area contributed by atoms with Gasteiger partial charge in [0.15, 0.2) is 0 Å². The lowest BCUT2D eigenvalue weighted by Crippen LogP contribution is -2.14. The molecule has 0 saturated carbocycles. The van der Waals surface area contributed by atoms with Crippen molar-refractivity contribution in [2.24, 2.45) is 5.14 Å². The highest BCUT2D eigenvalue weighted by Crippen LogP contribution is 2.26. The molecular weight excluding hydrogens is 247 g/mol. The number of benzene rings is 1. The molecule has 0 saturated heterocycles. The van der Waals surface area contributed by atoms with Crippen LogP contribution in [0.5, 0.6) is 0 Å². The molecular formula is C7H4Cl2N2O2S. The zero-order chi connectivity index (χ0) is 10.9. The molecule has 74 valence electrons. The maximum Gasteiger partial charge on any atom is 0.239 e. The van der Waals surface area contributed by atoms with Crippen molar-refractivity contribution >= 4 is 33.2 Å². The second-order valence-electron chi connectivity index (χ2n) is 2.42. The Morgan fingerprint density at radius 3 is 2.36 bits per heavy atom. The monoisotopic (exact) mass is 250 g/mol. The van der Waals surface area contributed by atoms with E-state index in [0.717, 1.165) is 6.07 Å². The van der Waals surface area contributed by atoms with Crippen molar-refractivity contribution in [2.45, 2.75) is 4.90 Å². The Morgan fingerprint density at radius 2 is 1.93 bits per heavy atom. The molecule has 4 nitrogen and oxygen atoms in total. The summed E-state index contributed by atoms with van der Waals surface area (Å²) in [4.78, 5) is -0.363. The maximum absolute atomic E-state index is 11.0. The van der Waals surface area contributed by atoms with Crippen LogP contribution in [-0.2, 0) is 10.0 Å². The number of sulfonamides is 1. The van der Waals surface area contributed by atoms with Crippen LogP contribution in [0.25, 0.3) is 0 Å². The highest BCUT2D eigenvalue weighted by Gasteiger charge is 2.17. The highest BCUT2D eigenvalue weighted by atomic mass is 35.5. The molecule has 0 fully saturated rings. The van der Waals surface area contributed by atoms with Gasteiger partial charge >= 0.3 is 0 Å². The Morgan fingerprint density at radius 1 is 1.36 bits per heavy atom. The average Bonchev–Trinajstić information content (AvgIpc) is 2.01. The van der Waals surface area contributed by atoms with Gasteiger partial charge in [-0.1, -0.05) is 23.2 Å². The zero-order valence-electron chi connectivity index (χ0n) is 6.66. The molecule has 7 heteroatoms. The number of hydrogen-bond donors (Lipinski definition) is 1. The van der Waals surface area contributed by atoms with Gasteiger partial charge in [0.25, 0.3) is 0 Å². The van der Waals surface area contributed by atoms with Crippen molar-refractivity contribution in [3.8, 4) is 6.07 Å². The Hall–Kier alpha value is -0.800. The molecule has 0 aliphatic heterocycles. The molecule has 1 aromatic carbocycles. The number of rotatable bonds is 1. The van der Waals surface area contributed by atoms with E-state index in [1.54, 1.807) is 6.07 Å². The highest BCUT2D eigenvalue weighted by molar-refractivity contribution is 7.89. The van der Waals surface area contributed by atoms with E-state index in [1.807, 2.05) is 0 Å².